The molecule has 0 aliphatic carbocycles. The summed E-state index contributed by atoms with van der Waals surface area (Å²) >= 11 is 3.12. The van der Waals surface area contributed by atoms with Crippen molar-refractivity contribution < 1.29 is 4.39 Å². The second kappa shape index (κ2) is 4.66. The first kappa shape index (κ1) is 8.93. The number of halogens is 1. The Morgan fingerprint density at radius 2 is 2.36 bits per heavy atom. The van der Waals surface area contributed by atoms with E-state index in [9.17, 15) is 4.39 Å². The summed E-state index contributed by atoms with van der Waals surface area (Å²) in [7, 11) is 0. The average molecular weight is 192 g/mol. The van der Waals surface area contributed by atoms with Crippen LogP contribution in [0.1, 0.15) is 11.4 Å². The van der Waals surface area contributed by atoms with Crippen molar-refractivity contribution in [1.82, 2.24) is 10.2 Å². The van der Waals surface area contributed by atoms with Crippen molar-refractivity contribution in [2.75, 3.05) is 12.9 Å². The predicted molar refractivity (Wildman–Crippen MR) is 46.0 cm³/mol. The van der Waals surface area contributed by atoms with Crippen molar-refractivity contribution in [3.05, 3.63) is 5.01 Å². The van der Waals surface area contributed by atoms with Crippen LogP contribution in [-0.4, -0.2) is 23.1 Å². The van der Waals surface area contributed by atoms with Crippen molar-refractivity contribution >= 4 is 23.1 Å². The number of rotatable bonds is 4. The maximum absolute atomic E-state index is 11.7. The molecular formula is C6H9FN2S2. The minimum atomic E-state index is -0.270. The summed E-state index contributed by atoms with van der Waals surface area (Å²) in [5.41, 5.74) is 0. The quantitative estimate of drug-likeness (QED) is 0.684. The van der Waals surface area contributed by atoms with Gasteiger partial charge in [0.25, 0.3) is 0 Å². The third-order valence-electron chi connectivity index (χ3n) is 1.15. The van der Waals surface area contributed by atoms with Gasteiger partial charge in [-0.15, -0.1) is 10.2 Å². The van der Waals surface area contributed by atoms with E-state index in [-0.39, 0.29) is 6.67 Å². The van der Waals surface area contributed by atoms with Crippen LogP contribution in [0.4, 0.5) is 4.39 Å². The molecule has 0 radical (unpaired) electrons. The van der Waals surface area contributed by atoms with Gasteiger partial charge in [-0.05, 0) is 12.7 Å². The molecule has 1 heterocycles. The largest absolute Gasteiger partial charge is 0.251 e. The molecule has 0 fully saturated rings. The molecule has 1 aromatic heterocycles. The molecule has 5 heteroatoms. The third kappa shape index (κ3) is 2.75. The van der Waals surface area contributed by atoms with Gasteiger partial charge in [0, 0.05) is 6.42 Å². The molecule has 62 valence electrons. The van der Waals surface area contributed by atoms with E-state index in [0.717, 1.165) is 9.35 Å². The Bertz CT molecular complexity index is 214. The third-order valence-corrected chi connectivity index (χ3v) is 3.11. The maximum Gasteiger partial charge on any atom is 0.174 e. The van der Waals surface area contributed by atoms with Crippen LogP contribution in [0.5, 0.6) is 0 Å². The smallest absolute Gasteiger partial charge is 0.174 e. The highest BCUT2D eigenvalue weighted by atomic mass is 32.2. The van der Waals surface area contributed by atoms with E-state index in [0.29, 0.717) is 12.8 Å². The van der Waals surface area contributed by atoms with Crippen molar-refractivity contribution in [1.29, 1.82) is 0 Å². The van der Waals surface area contributed by atoms with Crippen LogP contribution in [0.25, 0.3) is 0 Å². The Morgan fingerprint density at radius 3 is 2.91 bits per heavy atom. The van der Waals surface area contributed by atoms with Gasteiger partial charge < -0.3 is 0 Å². The van der Waals surface area contributed by atoms with Crippen LogP contribution in [-0.2, 0) is 6.42 Å². The lowest BCUT2D eigenvalue weighted by Crippen LogP contribution is -1.84. The van der Waals surface area contributed by atoms with Crippen LogP contribution in [0.3, 0.4) is 0 Å². The molecule has 0 atom stereocenters. The molecule has 0 aromatic carbocycles. The first-order chi connectivity index (χ1) is 5.36. The number of hydrogen-bond acceptors (Lipinski definition) is 4. The number of aryl methyl sites for hydroxylation is 1. The minimum absolute atomic E-state index is 0.270. The van der Waals surface area contributed by atoms with Crippen molar-refractivity contribution in [2.24, 2.45) is 0 Å². The Hall–Kier alpha value is -0.160. The molecule has 1 rings (SSSR count). The van der Waals surface area contributed by atoms with E-state index >= 15 is 0 Å². The molecule has 0 amide bonds. The topological polar surface area (TPSA) is 25.8 Å². The van der Waals surface area contributed by atoms with Gasteiger partial charge in [-0.1, -0.05) is 23.1 Å². The van der Waals surface area contributed by atoms with Gasteiger partial charge in [0.15, 0.2) is 4.34 Å². The lowest BCUT2D eigenvalue weighted by atomic mass is 10.3. The molecule has 0 aliphatic heterocycles. The molecule has 0 saturated carbocycles. The van der Waals surface area contributed by atoms with Gasteiger partial charge in [0.2, 0.25) is 0 Å². The second-order valence-corrected chi connectivity index (χ2v) is 4.07. The fourth-order valence-corrected chi connectivity index (χ4v) is 2.00. The summed E-state index contributed by atoms with van der Waals surface area (Å²) in [6.07, 6.45) is 3.23. The maximum atomic E-state index is 11.7. The van der Waals surface area contributed by atoms with Gasteiger partial charge >= 0.3 is 0 Å². The van der Waals surface area contributed by atoms with Crippen LogP contribution in [0, 0.1) is 0 Å². The van der Waals surface area contributed by atoms with Gasteiger partial charge in [0.05, 0.1) is 6.67 Å². The number of alkyl halides is 1. The normalized spacial score (nSPS) is 10.4. The molecule has 11 heavy (non-hydrogen) atoms. The van der Waals surface area contributed by atoms with Crippen molar-refractivity contribution in [2.45, 2.75) is 17.2 Å². The number of thioether (sulfide) groups is 1. The van der Waals surface area contributed by atoms with Gasteiger partial charge in [0.1, 0.15) is 5.01 Å². The lowest BCUT2D eigenvalue weighted by molar-refractivity contribution is 0.472. The fourth-order valence-electron chi connectivity index (χ4n) is 0.640. The molecular weight excluding hydrogens is 183 g/mol. The van der Waals surface area contributed by atoms with E-state index < -0.39 is 0 Å². The average Bonchev–Trinajstić information content (AvgIpc) is 2.48. The first-order valence-electron chi connectivity index (χ1n) is 3.29. The highest BCUT2D eigenvalue weighted by Gasteiger charge is 2.01. The van der Waals surface area contributed by atoms with Crippen LogP contribution in [0.15, 0.2) is 4.34 Å². The fraction of sp³-hybridized carbons (Fsp3) is 0.667. The minimum Gasteiger partial charge on any atom is -0.251 e. The highest BCUT2D eigenvalue weighted by Crippen LogP contribution is 2.20. The summed E-state index contributed by atoms with van der Waals surface area (Å²) < 4.78 is 12.7. The van der Waals surface area contributed by atoms with E-state index in [1.54, 1.807) is 23.1 Å². The number of aromatic nitrogens is 2. The summed E-state index contributed by atoms with van der Waals surface area (Å²) in [4.78, 5) is 0. The molecule has 0 N–H and O–H groups in total. The zero-order chi connectivity index (χ0) is 8.10. The number of hydrogen-bond donors (Lipinski definition) is 0. The standard InChI is InChI=1S/C6H9FN2S2/c1-10-6-9-8-5(11-6)3-2-4-7/h2-4H2,1H3. The Morgan fingerprint density at radius 1 is 1.55 bits per heavy atom. The molecule has 0 aliphatic rings. The monoisotopic (exact) mass is 192 g/mol. The number of nitrogens with zero attached hydrogens (tertiary/aromatic N) is 2. The Labute approximate surface area is 73.2 Å². The van der Waals surface area contributed by atoms with Crippen LogP contribution < -0.4 is 0 Å². The molecule has 1 aromatic rings. The Balaban J connectivity index is 2.44. The van der Waals surface area contributed by atoms with E-state index in [4.69, 9.17) is 0 Å². The van der Waals surface area contributed by atoms with E-state index in [2.05, 4.69) is 10.2 Å². The van der Waals surface area contributed by atoms with Gasteiger partial charge in [-0.25, -0.2) is 0 Å². The molecule has 0 saturated heterocycles. The highest BCUT2D eigenvalue weighted by molar-refractivity contribution is 8.00. The molecule has 2 nitrogen and oxygen atoms in total. The van der Waals surface area contributed by atoms with E-state index in [1.807, 2.05) is 6.26 Å². The van der Waals surface area contributed by atoms with Crippen LogP contribution >= 0.6 is 23.1 Å². The lowest BCUT2D eigenvalue weighted by Gasteiger charge is -1.86. The van der Waals surface area contributed by atoms with Crippen molar-refractivity contribution in [3.8, 4) is 0 Å². The van der Waals surface area contributed by atoms with Crippen LogP contribution in [0.2, 0.25) is 0 Å². The molecule has 0 unspecified atom stereocenters. The van der Waals surface area contributed by atoms with Gasteiger partial charge in [-0.2, -0.15) is 0 Å². The van der Waals surface area contributed by atoms with E-state index in [1.165, 1.54) is 0 Å². The summed E-state index contributed by atoms with van der Waals surface area (Å²) in [6, 6.07) is 0. The van der Waals surface area contributed by atoms with Crippen molar-refractivity contribution in [3.63, 3.8) is 0 Å². The van der Waals surface area contributed by atoms with Gasteiger partial charge in [-0.3, -0.25) is 4.39 Å². The Kier molecular flexibility index (Phi) is 3.79. The predicted octanol–water partition coefficient (Wildman–Crippen LogP) is 2.16. The zero-order valence-electron chi connectivity index (χ0n) is 6.21. The molecule has 0 bridgehead atoms. The molecule has 0 spiro atoms. The first-order valence-corrected chi connectivity index (χ1v) is 5.33. The summed E-state index contributed by atoms with van der Waals surface area (Å²) in [5, 5.41) is 8.74. The summed E-state index contributed by atoms with van der Waals surface area (Å²) in [6.45, 7) is -0.270. The SMILES string of the molecule is CSc1nnc(CCCF)s1. The summed E-state index contributed by atoms with van der Waals surface area (Å²) in [5.74, 6) is 0. The zero-order valence-corrected chi connectivity index (χ0v) is 7.84. The second-order valence-electron chi connectivity index (χ2n) is 1.96.